The zero-order chi connectivity index (χ0) is 23.7. The molecule has 0 unspecified atom stereocenters. The molecular weight excluding hydrogens is 430 g/mol. The fraction of sp³-hybridized carbons (Fsp3) is 0.222. The first-order chi connectivity index (χ1) is 16.5. The summed E-state index contributed by atoms with van der Waals surface area (Å²) in [7, 11) is 1.65. The van der Waals surface area contributed by atoms with Gasteiger partial charge in [-0.1, -0.05) is 24.3 Å². The maximum Gasteiger partial charge on any atom is 0.246 e. The minimum Gasteiger partial charge on any atom is -0.494 e. The zero-order valence-electron chi connectivity index (χ0n) is 19.2. The lowest BCUT2D eigenvalue weighted by atomic mass is 10.1. The molecular formula is C27H25N3O4. The van der Waals surface area contributed by atoms with Crippen LogP contribution in [-0.4, -0.2) is 49.1 Å². The number of benzene rings is 2. The van der Waals surface area contributed by atoms with Crippen LogP contribution in [-0.2, 0) is 4.79 Å². The van der Waals surface area contributed by atoms with Gasteiger partial charge < -0.3 is 19.0 Å². The van der Waals surface area contributed by atoms with E-state index >= 15 is 0 Å². The Hall–Kier alpha value is -4.13. The van der Waals surface area contributed by atoms with E-state index in [0.29, 0.717) is 42.7 Å². The van der Waals surface area contributed by atoms with Crippen LogP contribution in [0.5, 0.6) is 5.75 Å². The summed E-state index contributed by atoms with van der Waals surface area (Å²) < 4.78 is 11.0. The van der Waals surface area contributed by atoms with E-state index in [4.69, 9.17) is 14.1 Å². The van der Waals surface area contributed by atoms with Gasteiger partial charge in [0.2, 0.25) is 5.91 Å². The van der Waals surface area contributed by atoms with Crippen LogP contribution in [0.25, 0.3) is 27.9 Å². The Bertz CT molecular complexity index is 1470. The molecule has 0 bridgehead atoms. The van der Waals surface area contributed by atoms with Gasteiger partial charge in [-0.05, 0) is 42.8 Å². The van der Waals surface area contributed by atoms with Crippen molar-refractivity contribution in [3.63, 3.8) is 0 Å². The predicted octanol–water partition coefficient (Wildman–Crippen LogP) is 4.02. The van der Waals surface area contributed by atoms with Crippen molar-refractivity contribution < 1.29 is 13.9 Å². The molecule has 34 heavy (non-hydrogen) atoms. The van der Waals surface area contributed by atoms with Crippen molar-refractivity contribution >= 4 is 39.7 Å². The number of aryl methyl sites for hydroxylation is 1. The van der Waals surface area contributed by atoms with Gasteiger partial charge >= 0.3 is 0 Å². The van der Waals surface area contributed by atoms with Crippen LogP contribution < -0.4 is 15.1 Å². The fourth-order valence-electron chi connectivity index (χ4n) is 4.33. The second kappa shape index (κ2) is 9.02. The number of carbonyl (C=O) groups is 1. The van der Waals surface area contributed by atoms with Gasteiger partial charge in [-0.3, -0.25) is 9.59 Å². The van der Waals surface area contributed by atoms with Gasteiger partial charge in [0.05, 0.1) is 18.1 Å². The van der Waals surface area contributed by atoms with Crippen molar-refractivity contribution in [3.8, 4) is 5.75 Å². The summed E-state index contributed by atoms with van der Waals surface area (Å²) >= 11 is 0. The summed E-state index contributed by atoms with van der Waals surface area (Å²) in [5.41, 5.74) is 2.71. The molecule has 2 aromatic heterocycles. The lowest BCUT2D eigenvalue weighted by Gasteiger charge is -2.35. The first-order valence-corrected chi connectivity index (χ1v) is 11.2. The Balaban J connectivity index is 1.29. The van der Waals surface area contributed by atoms with E-state index < -0.39 is 0 Å². The van der Waals surface area contributed by atoms with Crippen molar-refractivity contribution in [2.45, 2.75) is 6.92 Å². The Labute approximate surface area is 196 Å². The number of carbonyl (C=O) groups excluding carboxylic acids is 1. The number of amides is 1. The van der Waals surface area contributed by atoms with Gasteiger partial charge in [-0.15, -0.1) is 0 Å². The first-order valence-electron chi connectivity index (χ1n) is 11.2. The largest absolute Gasteiger partial charge is 0.494 e. The Morgan fingerprint density at radius 3 is 2.62 bits per heavy atom. The minimum atomic E-state index is -0.149. The van der Waals surface area contributed by atoms with E-state index in [-0.39, 0.29) is 11.3 Å². The number of ether oxygens (including phenoxy) is 1. The first kappa shape index (κ1) is 21.7. The van der Waals surface area contributed by atoms with E-state index in [1.165, 1.54) is 18.4 Å². The molecule has 1 fully saturated rings. The predicted molar refractivity (Wildman–Crippen MR) is 133 cm³/mol. The second-order valence-electron chi connectivity index (χ2n) is 8.32. The van der Waals surface area contributed by atoms with Gasteiger partial charge in [0.25, 0.3) is 0 Å². The van der Waals surface area contributed by atoms with Gasteiger partial charge in [0, 0.05) is 37.6 Å². The molecule has 1 aliphatic rings. The number of pyridine rings is 1. The van der Waals surface area contributed by atoms with Gasteiger partial charge in [0.15, 0.2) is 5.43 Å². The molecule has 4 aromatic rings. The van der Waals surface area contributed by atoms with Crippen molar-refractivity contribution in [1.29, 1.82) is 0 Å². The van der Waals surface area contributed by atoms with Crippen LogP contribution in [0.1, 0.15) is 11.1 Å². The van der Waals surface area contributed by atoms with Gasteiger partial charge in [0.1, 0.15) is 28.9 Å². The highest BCUT2D eigenvalue weighted by atomic mass is 16.5. The van der Waals surface area contributed by atoms with Crippen LogP contribution in [0.15, 0.2) is 70.1 Å². The Morgan fingerprint density at radius 1 is 1.06 bits per heavy atom. The molecule has 7 nitrogen and oxygen atoms in total. The van der Waals surface area contributed by atoms with E-state index in [1.54, 1.807) is 30.2 Å². The molecule has 0 aliphatic carbocycles. The van der Waals surface area contributed by atoms with E-state index in [2.05, 4.69) is 17.9 Å². The third-order valence-electron chi connectivity index (χ3n) is 6.24. The number of aromatic nitrogens is 1. The number of hydrogen-bond acceptors (Lipinski definition) is 6. The fourth-order valence-corrected chi connectivity index (χ4v) is 4.33. The highest BCUT2D eigenvalue weighted by Crippen LogP contribution is 2.29. The average molecular weight is 456 g/mol. The molecule has 3 heterocycles. The molecule has 1 amide bonds. The number of hydrogen-bond donors (Lipinski definition) is 0. The summed E-state index contributed by atoms with van der Waals surface area (Å²) in [6.45, 7) is 4.55. The zero-order valence-corrected chi connectivity index (χ0v) is 19.2. The van der Waals surface area contributed by atoms with Crippen molar-refractivity contribution in [2.24, 2.45) is 0 Å². The number of rotatable bonds is 4. The molecule has 0 atom stereocenters. The number of anilines is 1. The van der Waals surface area contributed by atoms with Crippen LogP contribution in [0.4, 0.5) is 5.82 Å². The third kappa shape index (κ3) is 4.01. The molecule has 7 heteroatoms. The maximum absolute atomic E-state index is 12.8. The van der Waals surface area contributed by atoms with E-state index in [1.807, 2.05) is 24.3 Å². The average Bonchev–Trinajstić information content (AvgIpc) is 2.88. The topological polar surface area (TPSA) is 75.9 Å². The second-order valence-corrected chi connectivity index (χ2v) is 8.32. The number of nitrogens with zero attached hydrogens (tertiary/aromatic N) is 3. The number of fused-ring (bicyclic) bond motifs is 2. The molecule has 1 aliphatic heterocycles. The highest BCUT2D eigenvalue weighted by molar-refractivity contribution is 5.92. The van der Waals surface area contributed by atoms with Crippen molar-refractivity contribution in [3.05, 3.63) is 82.2 Å². The summed E-state index contributed by atoms with van der Waals surface area (Å²) in [5, 5.41) is 1.57. The summed E-state index contributed by atoms with van der Waals surface area (Å²) in [6.07, 6.45) is 4.38. The summed E-state index contributed by atoms with van der Waals surface area (Å²) in [6, 6.07) is 15.1. The van der Waals surface area contributed by atoms with Crippen molar-refractivity contribution in [2.75, 3.05) is 38.2 Å². The van der Waals surface area contributed by atoms with E-state index in [0.717, 1.165) is 28.0 Å². The lowest BCUT2D eigenvalue weighted by molar-refractivity contribution is -0.126. The van der Waals surface area contributed by atoms with E-state index in [9.17, 15) is 9.59 Å². The van der Waals surface area contributed by atoms with Crippen LogP contribution in [0.2, 0.25) is 0 Å². The smallest absolute Gasteiger partial charge is 0.246 e. The summed E-state index contributed by atoms with van der Waals surface area (Å²) in [5.74, 6) is 1.50. The number of methoxy groups -OCH3 is 1. The molecule has 0 spiro atoms. The summed E-state index contributed by atoms with van der Waals surface area (Å²) in [4.78, 5) is 34.2. The van der Waals surface area contributed by atoms with Crippen LogP contribution >= 0.6 is 0 Å². The number of para-hydroxylation sites is 2. The highest BCUT2D eigenvalue weighted by Gasteiger charge is 2.22. The molecule has 5 rings (SSSR count). The quantitative estimate of drug-likeness (QED) is 0.433. The molecule has 2 aromatic carbocycles. The van der Waals surface area contributed by atoms with Crippen LogP contribution in [0.3, 0.4) is 0 Å². The monoisotopic (exact) mass is 455 g/mol. The maximum atomic E-state index is 12.8. The standard InChI is InChI=1S/C27H25N3O4/c1-18-16-24(28-26-20(18)7-5-9-23(26)33-2)29-12-14-30(15-13-29)25(31)11-10-19-17-34-22-8-4-3-6-21(22)27(19)32/h3-11,16-17H,12-15H2,1-2H3/b11-10+. The number of piperazine rings is 1. The molecule has 0 N–H and O–H groups in total. The Kier molecular flexibility index (Phi) is 5.76. The molecule has 0 radical (unpaired) electrons. The third-order valence-corrected chi connectivity index (χ3v) is 6.24. The van der Waals surface area contributed by atoms with Gasteiger partial charge in [-0.25, -0.2) is 4.98 Å². The molecule has 1 saturated heterocycles. The van der Waals surface area contributed by atoms with Crippen molar-refractivity contribution in [1.82, 2.24) is 9.88 Å². The normalized spacial score (nSPS) is 14.3. The molecule has 172 valence electrons. The van der Waals surface area contributed by atoms with Gasteiger partial charge in [-0.2, -0.15) is 0 Å². The van der Waals surface area contributed by atoms with Crippen LogP contribution in [0, 0.1) is 6.92 Å². The lowest BCUT2D eigenvalue weighted by Crippen LogP contribution is -2.48. The SMILES string of the molecule is COc1cccc2c(C)cc(N3CCN(C(=O)/C=C/c4coc5ccccc5c4=O)CC3)nc12. The molecule has 0 saturated carbocycles. The Morgan fingerprint density at radius 2 is 1.82 bits per heavy atom. The minimum absolute atomic E-state index is 0.128.